The third kappa shape index (κ3) is 2.09. The zero-order chi connectivity index (χ0) is 13.1. The van der Waals surface area contributed by atoms with Crippen molar-refractivity contribution >= 4 is 6.29 Å². The largest absolute Gasteiger partial charge is 0.494 e. The number of hydrogen-bond donors (Lipinski definition) is 0. The topological polar surface area (TPSA) is 26.3 Å². The third-order valence-corrected chi connectivity index (χ3v) is 2.62. The van der Waals surface area contributed by atoms with Crippen LogP contribution in [0.3, 0.4) is 0 Å². The van der Waals surface area contributed by atoms with Crippen LogP contribution < -0.4 is 4.74 Å². The maximum Gasteiger partial charge on any atom is 0.172 e. The zero-order valence-electron chi connectivity index (χ0n) is 9.61. The monoisotopic (exact) mass is 248 g/mol. The maximum atomic E-state index is 14.0. The van der Waals surface area contributed by atoms with Crippen LogP contribution in [0.15, 0.2) is 36.4 Å². The van der Waals surface area contributed by atoms with E-state index in [9.17, 15) is 13.6 Å². The quantitative estimate of drug-likeness (QED) is 0.777. The predicted molar refractivity (Wildman–Crippen MR) is 63.7 cm³/mol. The number of carbonyl (C=O) groups excluding carboxylic acids is 1. The van der Waals surface area contributed by atoms with Gasteiger partial charge in [0, 0.05) is 5.56 Å². The van der Waals surface area contributed by atoms with E-state index in [1.165, 1.54) is 31.4 Å². The fourth-order valence-electron chi connectivity index (χ4n) is 1.68. The third-order valence-electron chi connectivity index (χ3n) is 2.62. The SMILES string of the molecule is COc1cccc(-c2ccc(C=O)c(F)c2)c1F. The molecule has 2 aromatic carbocycles. The van der Waals surface area contributed by atoms with E-state index in [0.29, 0.717) is 11.8 Å². The van der Waals surface area contributed by atoms with Crippen LogP contribution in [-0.4, -0.2) is 13.4 Å². The lowest BCUT2D eigenvalue weighted by Crippen LogP contribution is -1.93. The summed E-state index contributed by atoms with van der Waals surface area (Å²) in [5.74, 6) is -1.14. The molecule has 0 N–H and O–H groups in total. The predicted octanol–water partition coefficient (Wildman–Crippen LogP) is 3.45. The van der Waals surface area contributed by atoms with Crippen LogP contribution >= 0.6 is 0 Å². The second-order valence-electron chi connectivity index (χ2n) is 3.68. The number of carbonyl (C=O) groups is 1. The van der Waals surface area contributed by atoms with Gasteiger partial charge < -0.3 is 4.74 Å². The number of benzene rings is 2. The van der Waals surface area contributed by atoms with Gasteiger partial charge in [-0.3, -0.25) is 4.79 Å². The summed E-state index contributed by atoms with van der Waals surface area (Å²) in [6, 6.07) is 8.55. The van der Waals surface area contributed by atoms with Crippen molar-refractivity contribution < 1.29 is 18.3 Å². The van der Waals surface area contributed by atoms with Gasteiger partial charge in [-0.25, -0.2) is 8.78 Å². The molecule has 2 rings (SSSR count). The summed E-state index contributed by atoms with van der Waals surface area (Å²) in [4.78, 5) is 10.5. The van der Waals surface area contributed by atoms with E-state index in [0.717, 1.165) is 6.07 Å². The maximum absolute atomic E-state index is 14.0. The fourth-order valence-corrected chi connectivity index (χ4v) is 1.68. The molecule has 0 unspecified atom stereocenters. The highest BCUT2D eigenvalue weighted by atomic mass is 19.1. The van der Waals surface area contributed by atoms with Crippen LogP contribution in [0.2, 0.25) is 0 Å². The molecular weight excluding hydrogens is 238 g/mol. The molecule has 92 valence electrons. The van der Waals surface area contributed by atoms with Gasteiger partial charge in [-0.1, -0.05) is 18.2 Å². The molecule has 0 bridgehead atoms. The van der Waals surface area contributed by atoms with Gasteiger partial charge in [-0.15, -0.1) is 0 Å². The summed E-state index contributed by atoms with van der Waals surface area (Å²) in [5, 5.41) is 0. The summed E-state index contributed by atoms with van der Waals surface area (Å²) >= 11 is 0. The molecule has 0 saturated heterocycles. The Kier molecular flexibility index (Phi) is 3.37. The lowest BCUT2D eigenvalue weighted by atomic mass is 10.0. The lowest BCUT2D eigenvalue weighted by Gasteiger charge is -2.08. The number of aldehydes is 1. The number of ether oxygens (including phenoxy) is 1. The summed E-state index contributed by atoms with van der Waals surface area (Å²) < 4.78 is 32.3. The molecule has 0 aliphatic rings. The molecule has 0 saturated carbocycles. The number of methoxy groups -OCH3 is 1. The molecule has 0 spiro atoms. The van der Waals surface area contributed by atoms with E-state index in [1.54, 1.807) is 6.07 Å². The Morgan fingerprint density at radius 2 is 1.94 bits per heavy atom. The average molecular weight is 248 g/mol. The standard InChI is InChI=1S/C14H10F2O2/c1-18-13-4-2-3-11(14(13)16)9-5-6-10(8-17)12(15)7-9/h2-8H,1H3. The van der Waals surface area contributed by atoms with Gasteiger partial charge >= 0.3 is 0 Å². The zero-order valence-corrected chi connectivity index (χ0v) is 9.61. The van der Waals surface area contributed by atoms with Gasteiger partial charge in [0.25, 0.3) is 0 Å². The van der Waals surface area contributed by atoms with E-state index in [-0.39, 0.29) is 16.9 Å². The first-order valence-corrected chi connectivity index (χ1v) is 5.25. The van der Waals surface area contributed by atoms with Gasteiger partial charge in [-0.05, 0) is 23.8 Å². The first-order valence-electron chi connectivity index (χ1n) is 5.25. The average Bonchev–Trinajstić information content (AvgIpc) is 2.39. The normalized spacial score (nSPS) is 10.2. The fraction of sp³-hybridized carbons (Fsp3) is 0.0714. The van der Waals surface area contributed by atoms with E-state index in [1.807, 2.05) is 0 Å². The van der Waals surface area contributed by atoms with Crippen LogP contribution in [0, 0.1) is 11.6 Å². The van der Waals surface area contributed by atoms with E-state index in [4.69, 9.17) is 4.74 Å². The Hall–Kier alpha value is -2.23. The Balaban J connectivity index is 2.55. The van der Waals surface area contributed by atoms with Crippen molar-refractivity contribution in [2.24, 2.45) is 0 Å². The molecule has 0 aromatic heterocycles. The van der Waals surface area contributed by atoms with Gasteiger partial charge in [0.2, 0.25) is 0 Å². The van der Waals surface area contributed by atoms with Gasteiger partial charge in [0.15, 0.2) is 17.9 Å². The Labute approximate surface area is 103 Å². The van der Waals surface area contributed by atoms with Crippen LogP contribution in [0.1, 0.15) is 10.4 Å². The molecule has 18 heavy (non-hydrogen) atoms. The molecule has 0 aliphatic carbocycles. The van der Waals surface area contributed by atoms with Crippen LogP contribution in [0.25, 0.3) is 11.1 Å². The van der Waals surface area contributed by atoms with Crippen molar-refractivity contribution in [3.05, 3.63) is 53.6 Å². The summed E-state index contributed by atoms with van der Waals surface area (Å²) in [6.07, 6.45) is 0.418. The molecule has 0 atom stereocenters. The van der Waals surface area contributed by atoms with Crippen molar-refractivity contribution in [1.82, 2.24) is 0 Å². The minimum absolute atomic E-state index is 0.0537. The van der Waals surface area contributed by atoms with E-state index < -0.39 is 11.6 Å². The second kappa shape index (κ2) is 4.96. The van der Waals surface area contributed by atoms with Crippen molar-refractivity contribution in [1.29, 1.82) is 0 Å². The highest BCUT2D eigenvalue weighted by Crippen LogP contribution is 2.29. The number of hydrogen-bond acceptors (Lipinski definition) is 2. The minimum Gasteiger partial charge on any atom is -0.494 e. The molecule has 0 aliphatic heterocycles. The number of halogens is 2. The van der Waals surface area contributed by atoms with E-state index >= 15 is 0 Å². The van der Waals surface area contributed by atoms with Gasteiger partial charge in [-0.2, -0.15) is 0 Å². The first-order chi connectivity index (χ1) is 8.67. The summed E-state index contributed by atoms with van der Waals surface area (Å²) in [6.45, 7) is 0. The van der Waals surface area contributed by atoms with Crippen molar-refractivity contribution in [3.63, 3.8) is 0 Å². The van der Waals surface area contributed by atoms with Crippen molar-refractivity contribution in [2.75, 3.05) is 7.11 Å². The van der Waals surface area contributed by atoms with Crippen LogP contribution in [-0.2, 0) is 0 Å². The Morgan fingerprint density at radius 1 is 1.17 bits per heavy atom. The first kappa shape index (κ1) is 12.2. The highest BCUT2D eigenvalue weighted by Gasteiger charge is 2.12. The summed E-state index contributed by atoms with van der Waals surface area (Å²) in [5.41, 5.74) is 0.530. The van der Waals surface area contributed by atoms with Gasteiger partial charge in [0.1, 0.15) is 5.82 Å². The summed E-state index contributed by atoms with van der Waals surface area (Å²) in [7, 11) is 1.36. The van der Waals surface area contributed by atoms with Crippen LogP contribution in [0.5, 0.6) is 5.75 Å². The molecule has 0 radical (unpaired) electrons. The highest BCUT2D eigenvalue weighted by molar-refractivity contribution is 5.77. The second-order valence-corrected chi connectivity index (χ2v) is 3.68. The molecule has 4 heteroatoms. The molecule has 2 nitrogen and oxygen atoms in total. The molecule has 0 amide bonds. The Morgan fingerprint density at radius 3 is 2.56 bits per heavy atom. The molecular formula is C14H10F2O2. The van der Waals surface area contributed by atoms with Gasteiger partial charge in [0.05, 0.1) is 12.7 Å². The lowest BCUT2D eigenvalue weighted by molar-refractivity contribution is 0.112. The molecule has 2 aromatic rings. The van der Waals surface area contributed by atoms with Crippen molar-refractivity contribution in [2.45, 2.75) is 0 Å². The smallest absolute Gasteiger partial charge is 0.172 e. The van der Waals surface area contributed by atoms with Crippen LogP contribution in [0.4, 0.5) is 8.78 Å². The minimum atomic E-state index is -0.676. The van der Waals surface area contributed by atoms with Crippen molar-refractivity contribution in [3.8, 4) is 16.9 Å². The van der Waals surface area contributed by atoms with E-state index in [2.05, 4.69) is 0 Å². The number of rotatable bonds is 3. The molecule has 0 fully saturated rings. The molecule has 0 heterocycles. The Bertz CT molecular complexity index is 594.